The first-order chi connectivity index (χ1) is 6.77. The van der Waals surface area contributed by atoms with E-state index in [1.165, 1.54) is 5.56 Å². The third-order valence-corrected chi connectivity index (χ3v) is 2.48. The number of hydrogen-bond donors (Lipinski definition) is 0. The van der Waals surface area contributed by atoms with Gasteiger partial charge >= 0.3 is 0 Å². The second-order valence-electron chi connectivity index (χ2n) is 3.55. The Morgan fingerprint density at radius 2 is 1.86 bits per heavy atom. The molecule has 2 rings (SSSR count). The number of nitrogens with zero attached hydrogens (tertiary/aromatic N) is 2. The first-order valence-electron chi connectivity index (χ1n) is 4.82. The molecule has 0 bridgehead atoms. The lowest BCUT2D eigenvalue weighted by Crippen LogP contribution is -1.98. The fourth-order valence-electron chi connectivity index (χ4n) is 1.58. The summed E-state index contributed by atoms with van der Waals surface area (Å²) >= 11 is 0. The summed E-state index contributed by atoms with van der Waals surface area (Å²) in [5.41, 5.74) is 2.44. The Bertz CT molecular complexity index is 403. The van der Waals surface area contributed by atoms with Crippen LogP contribution in [0, 0.1) is 0 Å². The van der Waals surface area contributed by atoms with E-state index in [-0.39, 0.29) is 0 Å². The van der Waals surface area contributed by atoms with Crippen LogP contribution < -0.4 is 0 Å². The first-order valence-corrected chi connectivity index (χ1v) is 4.82. The number of hydrogen-bond acceptors (Lipinski definition) is 1. The van der Waals surface area contributed by atoms with Gasteiger partial charge in [0.1, 0.15) is 0 Å². The molecule has 0 aliphatic carbocycles. The van der Waals surface area contributed by atoms with Crippen LogP contribution in [0.5, 0.6) is 0 Å². The van der Waals surface area contributed by atoms with E-state index in [2.05, 4.69) is 42.4 Å². The minimum Gasteiger partial charge on any atom is -0.276 e. The van der Waals surface area contributed by atoms with Gasteiger partial charge in [0.25, 0.3) is 0 Å². The van der Waals surface area contributed by atoms with Crippen LogP contribution in [0.1, 0.15) is 24.1 Å². The third kappa shape index (κ3) is 1.69. The molecule has 1 aromatic heterocycles. The lowest BCUT2D eigenvalue weighted by Gasteiger charge is -2.07. The van der Waals surface area contributed by atoms with Gasteiger partial charge in [0.05, 0.1) is 5.69 Å². The average molecular weight is 186 g/mol. The highest BCUT2D eigenvalue weighted by molar-refractivity contribution is 5.26. The Labute approximate surface area is 84.2 Å². The predicted molar refractivity (Wildman–Crippen MR) is 57.2 cm³/mol. The van der Waals surface area contributed by atoms with Crippen LogP contribution in [0.25, 0.3) is 0 Å². The van der Waals surface area contributed by atoms with Crippen molar-refractivity contribution in [2.24, 2.45) is 7.05 Å². The zero-order valence-electron chi connectivity index (χ0n) is 8.51. The summed E-state index contributed by atoms with van der Waals surface area (Å²) in [6, 6.07) is 12.5. The average Bonchev–Trinajstić information content (AvgIpc) is 2.65. The normalized spacial score (nSPS) is 12.7. The van der Waals surface area contributed by atoms with Gasteiger partial charge in [-0.05, 0) is 11.6 Å². The Morgan fingerprint density at radius 1 is 1.14 bits per heavy atom. The molecule has 14 heavy (non-hydrogen) atoms. The molecule has 1 heterocycles. The van der Waals surface area contributed by atoms with Crippen LogP contribution >= 0.6 is 0 Å². The molecular weight excluding hydrogens is 172 g/mol. The maximum atomic E-state index is 4.40. The van der Waals surface area contributed by atoms with E-state index in [9.17, 15) is 0 Å². The predicted octanol–water partition coefficient (Wildman–Crippen LogP) is 2.57. The van der Waals surface area contributed by atoms with E-state index in [1.807, 2.05) is 24.0 Å². The van der Waals surface area contributed by atoms with Crippen molar-refractivity contribution < 1.29 is 0 Å². The van der Waals surface area contributed by atoms with Gasteiger partial charge < -0.3 is 0 Å². The monoisotopic (exact) mass is 186 g/mol. The molecule has 0 spiro atoms. The minimum atomic E-state index is 0.373. The maximum Gasteiger partial charge on any atom is 0.0696 e. The summed E-state index contributed by atoms with van der Waals surface area (Å²) in [6.45, 7) is 2.18. The highest BCUT2D eigenvalue weighted by Crippen LogP contribution is 2.21. The Hall–Kier alpha value is -1.57. The molecule has 0 amide bonds. The van der Waals surface area contributed by atoms with E-state index in [0.717, 1.165) is 5.69 Å². The highest BCUT2D eigenvalue weighted by Gasteiger charge is 2.09. The molecule has 0 saturated heterocycles. The highest BCUT2D eigenvalue weighted by atomic mass is 15.2. The molecule has 0 radical (unpaired) electrons. The van der Waals surface area contributed by atoms with E-state index < -0.39 is 0 Å². The summed E-state index contributed by atoms with van der Waals surface area (Å²) < 4.78 is 1.84. The van der Waals surface area contributed by atoms with E-state index in [1.54, 1.807) is 0 Å². The molecule has 0 saturated carbocycles. The van der Waals surface area contributed by atoms with Crippen molar-refractivity contribution in [3.8, 4) is 0 Å². The van der Waals surface area contributed by atoms with Gasteiger partial charge in [-0.2, -0.15) is 5.10 Å². The second kappa shape index (κ2) is 3.66. The van der Waals surface area contributed by atoms with Crippen molar-refractivity contribution in [3.63, 3.8) is 0 Å². The van der Waals surface area contributed by atoms with Crippen LogP contribution in [-0.2, 0) is 7.05 Å². The van der Waals surface area contributed by atoms with Crippen molar-refractivity contribution >= 4 is 0 Å². The van der Waals surface area contributed by atoms with Crippen molar-refractivity contribution in [1.82, 2.24) is 9.78 Å². The van der Waals surface area contributed by atoms with Crippen molar-refractivity contribution in [2.45, 2.75) is 12.8 Å². The third-order valence-electron chi connectivity index (χ3n) is 2.48. The van der Waals surface area contributed by atoms with E-state index in [0.29, 0.717) is 5.92 Å². The van der Waals surface area contributed by atoms with Gasteiger partial charge in [-0.15, -0.1) is 0 Å². The van der Waals surface area contributed by atoms with Gasteiger partial charge in [-0.1, -0.05) is 37.3 Å². The van der Waals surface area contributed by atoms with Gasteiger partial charge in [0, 0.05) is 19.2 Å². The lowest BCUT2D eigenvalue weighted by molar-refractivity contribution is 0.725. The molecule has 72 valence electrons. The molecule has 0 N–H and O–H groups in total. The van der Waals surface area contributed by atoms with Crippen molar-refractivity contribution in [3.05, 3.63) is 53.9 Å². The molecule has 0 aliphatic rings. The van der Waals surface area contributed by atoms with Gasteiger partial charge in [-0.25, -0.2) is 0 Å². The van der Waals surface area contributed by atoms with Gasteiger partial charge in [0.2, 0.25) is 0 Å². The van der Waals surface area contributed by atoms with E-state index >= 15 is 0 Å². The Kier molecular flexibility index (Phi) is 2.35. The fourth-order valence-corrected chi connectivity index (χ4v) is 1.58. The largest absolute Gasteiger partial charge is 0.276 e. The smallest absolute Gasteiger partial charge is 0.0696 e. The quantitative estimate of drug-likeness (QED) is 0.704. The number of rotatable bonds is 2. The zero-order valence-corrected chi connectivity index (χ0v) is 8.51. The molecule has 1 atom stereocenters. The van der Waals surface area contributed by atoms with Gasteiger partial charge in [-0.3, -0.25) is 4.68 Å². The number of aromatic nitrogens is 2. The summed E-state index contributed by atoms with van der Waals surface area (Å²) in [5, 5.41) is 4.40. The molecule has 2 aromatic rings. The minimum absolute atomic E-state index is 0.373. The summed E-state index contributed by atoms with van der Waals surface area (Å²) in [5.74, 6) is 0.373. The van der Waals surface area contributed by atoms with Crippen LogP contribution in [0.15, 0.2) is 42.6 Å². The number of benzene rings is 1. The molecule has 0 aliphatic heterocycles. The summed E-state index contributed by atoms with van der Waals surface area (Å²) in [4.78, 5) is 0. The molecule has 1 aromatic carbocycles. The second-order valence-corrected chi connectivity index (χ2v) is 3.55. The topological polar surface area (TPSA) is 17.8 Å². The summed E-state index contributed by atoms with van der Waals surface area (Å²) in [6.07, 6.45) is 1.98. The fraction of sp³-hybridized carbons (Fsp3) is 0.250. The molecule has 2 heteroatoms. The Balaban J connectivity index is 2.29. The van der Waals surface area contributed by atoms with Crippen LogP contribution in [-0.4, -0.2) is 9.78 Å². The maximum absolute atomic E-state index is 4.40. The first kappa shape index (κ1) is 9.00. The van der Waals surface area contributed by atoms with Crippen LogP contribution in [0.2, 0.25) is 0 Å². The Morgan fingerprint density at radius 3 is 2.43 bits per heavy atom. The molecule has 0 fully saturated rings. The SMILES string of the molecule is CC(c1ccccc1)c1ccn(C)n1. The summed E-state index contributed by atoms with van der Waals surface area (Å²) in [7, 11) is 1.95. The van der Waals surface area contributed by atoms with Crippen LogP contribution in [0.4, 0.5) is 0 Å². The van der Waals surface area contributed by atoms with Crippen molar-refractivity contribution in [2.75, 3.05) is 0 Å². The standard InChI is InChI=1S/C12H14N2/c1-10(11-6-4-3-5-7-11)12-8-9-14(2)13-12/h3-10H,1-2H3. The van der Waals surface area contributed by atoms with Crippen LogP contribution in [0.3, 0.4) is 0 Å². The van der Waals surface area contributed by atoms with Gasteiger partial charge in [0.15, 0.2) is 0 Å². The van der Waals surface area contributed by atoms with E-state index in [4.69, 9.17) is 0 Å². The molecular formula is C12H14N2. The number of aryl methyl sites for hydroxylation is 1. The molecule has 2 nitrogen and oxygen atoms in total. The molecule has 1 unspecified atom stereocenters. The lowest BCUT2D eigenvalue weighted by atomic mass is 9.98. The van der Waals surface area contributed by atoms with Crippen molar-refractivity contribution in [1.29, 1.82) is 0 Å². The zero-order chi connectivity index (χ0) is 9.97.